The Hall–Kier alpha value is -2.00. The predicted octanol–water partition coefficient (Wildman–Crippen LogP) is 1.73. The number of rotatable bonds is 4. The van der Waals surface area contributed by atoms with Crippen LogP contribution in [0.15, 0.2) is 29.3 Å². The van der Waals surface area contributed by atoms with Crippen LogP contribution in [-0.4, -0.2) is 18.5 Å². The third-order valence-electron chi connectivity index (χ3n) is 2.45. The van der Waals surface area contributed by atoms with Gasteiger partial charge in [-0.15, -0.1) is 0 Å². The quantitative estimate of drug-likeness (QED) is 0.752. The number of anilines is 1. The minimum absolute atomic E-state index is 0.233. The van der Waals surface area contributed by atoms with Crippen molar-refractivity contribution in [2.45, 2.75) is 11.5 Å². The number of hydrogen-bond donors (Lipinski definition) is 3. The number of sulfonamides is 1. The summed E-state index contributed by atoms with van der Waals surface area (Å²) >= 11 is 0. The van der Waals surface area contributed by atoms with Gasteiger partial charge in [-0.2, -0.15) is 0 Å². The smallest absolute Gasteiger partial charge is 0.263 e. The Labute approximate surface area is 112 Å². The van der Waals surface area contributed by atoms with Crippen LogP contribution >= 0.6 is 0 Å². The molecule has 2 aromatic rings. The van der Waals surface area contributed by atoms with Crippen molar-refractivity contribution in [2.75, 3.05) is 4.72 Å². The van der Waals surface area contributed by atoms with Gasteiger partial charge in [0.2, 0.25) is 0 Å². The van der Waals surface area contributed by atoms with E-state index in [-0.39, 0.29) is 16.7 Å². The molecule has 0 aliphatic heterocycles. The van der Waals surface area contributed by atoms with Crippen molar-refractivity contribution in [1.82, 2.24) is 4.98 Å². The highest BCUT2D eigenvalue weighted by atomic mass is 32.2. The Kier molecular flexibility index (Phi) is 3.73. The maximum atomic E-state index is 13.4. The minimum atomic E-state index is -4.18. The van der Waals surface area contributed by atoms with Crippen LogP contribution in [0.4, 0.5) is 18.9 Å². The summed E-state index contributed by atoms with van der Waals surface area (Å²) in [6.07, 6.45) is 1.08. The molecule has 0 aliphatic carbocycles. The predicted molar refractivity (Wildman–Crippen MR) is 63.8 cm³/mol. The van der Waals surface area contributed by atoms with Crippen LogP contribution in [0.2, 0.25) is 0 Å². The molecule has 1 aromatic heterocycles. The van der Waals surface area contributed by atoms with Crippen molar-refractivity contribution in [3.63, 3.8) is 0 Å². The van der Waals surface area contributed by atoms with Crippen molar-refractivity contribution in [2.24, 2.45) is 0 Å². The van der Waals surface area contributed by atoms with Crippen molar-refractivity contribution >= 4 is 15.7 Å². The van der Waals surface area contributed by atoms with Crippen molar-refractivity contribution < 1.29 is 26.7 Å². The fraction of sp³-hybridized carbons (Fsp3) is 0.0909. The van der Waals surface area contributed by atoms with Gasteiger partial charge in [-0.3, -0.25) is 4.72 Å². The first-order chi connectivity index (χ1) is 9.33. The highest BCUT2D eigenvalue weighted by Gasteiger charge is 2.19. The van der Waals surface area contributed by atoms with Crippen LogP contribution in [0.1, 0.15) is 5.69 Å². The van der Waals surface area contributed by atoms with E-state index in [1.165, 1.54) is 0 Å². The molecule has 0 atom stereocenters. The fourth-order valence-electron chi connectivity index (χ4n) is 1.47. The lowest BCUT2D eigenvalue weighted by Crippen LogP contribution is -2.13. The van der Waals surface area contributed by atoms with E-state index in [1.807, 2.05) is 0 Å². The lowest BCUT2D eigenvalue weighted by molar-refractivity contribution is 0.277. The van der Waals surface area contributed by atoms with E-state index < -0.39 is 39.8 Å². The number of aliphatic hydroxyl groups excluding tert-OH is 1. The Morgan fingerprint density at radius 2 is 1.75 bits per heavy atom. The molecule has 3 N–H and O–H groups in total. The first kappa shape index (κ1) is 14.4. The van der Waals surface area contributed by atoms with Gasteiger partial charge < -0.3 is 10.1 Å². The molecule has 0 amide bonds. The first-order valence-electron chi connectivity index (χ1n) is 5.29. The van der Waals surface area contributed by atoms with Gasteiger partial charge in [0.1, 0.15) is 10.7 Å². The molecule has 2 rings (SSSR count). The van der Waals surface area contributed by atoms with E-state index in [0.29, 0.717) is 6.07 Å². The molecule has 0 fully saturated rings. The second-order valence-electron chi connectivity index (χ2n) is 3.87. The first-order valence-corrected chi connectivity index (χ1v) is 6.77. The van der Waals surface area contributed by atoms with E-state index in [0.717, 1.165) is 12.3 Å². The van der Waals surface area contributed by atoms with E-state index in [2.05, 4.69) is 4.98 Å². The van der Waals surface area contributed by atoms with Crippen LogP contribution in [-0.2, 0) is 16.6 Å². The van der Waals surface area contributed by atoms with Crippen molar-refractivity contribution in [3.8, 4) is 0 Å². The molecule has 0 saturated heterocycles. The average molecular weight is 306 g/mol. The topological polar surface area (TPSA) is 82.2 Å². The van der Waals surface area contributed by atoms with Gasteiger partial charge in [0.05, 0.1) is 12.3 Å². The summed E-state index contributed by atoms with van der Waals surface area (Å²) in [4.78, 5) is 2.21. The summed E-state index contributed by atoms with van der Waals surface area (Å²) in [6, 6.07) is 1.77. The van der Waals surface area contributed by atoms with E-state index >= 15 is 0 Å². The molecule has 108 valence electrons. The van der Waals surface area contributed by atoms with E-state index in [9.17, 15) is 21.6 Å². The van der Waals surface area contributed by atoms with Gasteiger partial charge in [-0.1, -0.05) is 0 Å². The van der Waals surface area contributed by atoms with Crippen LogP contribution in [0.25, 0.3) is 0 Å². The standard InChI is InChI=1S/C11H9F3N2O3S/c12-8-2-10(14)11(3-9(8)13)16-20(18,19)7-1-6(5-17)15-4-7/h1-4,15-17H,5H2. The summed E-state index contributed by atoms with van der Waals surface area (Å²) in [7, 11) is -4.18. The Morgan fingerprint density at radius 1 is 1.10 bits per heavy atom. The highest BCUT2D eigenvalue weighted by molar-refractivity contribution is 7.92. The molecule has 0 aliphatic rings. The molecule has 0 radical (unpaired) electrons. The zero-order chi connectivity index (χ0) is 14.9. The van der Waals surface area contributed by atoms with Crippen LogP contribution < -0.4 is 4.72 Å². The number of hydrogen-bond acceptors (Lipinski definition) is 3. The summed E-state index contributed by atoms with van der Waals surface area (Å²) in [5, 5.41) is 8.82. The third kappa shape index (κ3) is 2.78. The molecule has 5 nitrogen and oxygen atoms in total. The normalized spacial score (nSPS) is 11.6. The average Bonchev–Trinajstić information content (AvgIpc) is 2.85. The molecule has 0 saturated carbocycles. The molecular weight excluding hydrogens is 297 g/mol. The molecule has 0 bridgehead atoms. The summed E-state index contributed by atoms with van der Waals surface area (Å²) in [5.41, 5.74) is -0.480. The van der Waals surface area contributed by atoms with E-state index in [4.69, 9.17) is 5.11 Å². The van der Waals surface area contributed by atoms with Gasteiger partial charge in [-0.25, -0.2) is 21.6 Å². The zero-order valence-corrected chi connectivity index (χ0v) is 10.6. The monoisotopic (exact) mass is 306 g/mol. The summed E-state index contributed by atoms with van der Waals surface area (Å²) < 4.78 is 64.7. The summed E-state index contributed by atoms with van der Waals surface area (Å²) in [5.74, 6) is -4.05. The maximum Gasteiger partial charge on any atom is 0.263 e. The number of aliphatic hydroxyl groups is 1. The number of aromatic nitrogens is 1. The molecule has 20 heavy (non-hydrogen) atoms. The van der Waals surface area contributed by atoms with Gasteiger partial charge in [0, 0.05) is 24.0 Å². The van der Waals surface area contributed by atoms with Crippen LogP contribution in [0, 0.1) is 17.5 Å². The largest absolute Gasteiger partial charge is 0.390 e. The zero-order valence-electron chi connectivity index (χ0n) is 9.82. The maximum absolute atomic E-state index is 13.4. The van der Waals surface area contributed by atoms with Gasteiger partial charge in [-0.05, 0) is 6.07 Å². The molecule has 0 unspecified atom stereocenters. The van der Waals surface area contributed by atoms with Crippen LogP contribution in [0.5, 0.6) is 0 Å². The number of nitrogens with one attached hydrogen (secondary N) is 2. The number of benzene rings is 1. The van der Waals surface area contributed by atoms with Gasteiger partial charge in [0.15, 0.2) is 11.6 Å². The number of halogens is 3. The number of aromatic amines is 1. The molecular formula is C11H9F3N2O3S. The molecule has 1 heterocycles. The van der Waals surface area contributed by atoms with E-state index in [1.54, 1.807) is 4.72 Å². The Morgan fingerprint density at radius 3 is 2.35 bits per heavy atom. The van der Waals surface area contributed by atoms with Crippen LogP contribution in [0.3, 0.4) is 0 Å². The van der Waals surface area contributed by atoms with Crippen molar-refractivity contribution in [3.05, 3.63) is 47.5 Å². The fourth-order valence-corrected chi connectivity index (χ4v) is 2.55. The highest BCUT2D eigenvalue weighted by Crippen LogP contribution is 2.22. The Bertz CT molecular complexity index is 743. The SMILES string of the molecule is O=S(=O)(Nc1cc(F)c(F)cc1F)c1c[nH]c(CO)c1. The lowest BCUT2D eigenvalue weighted by Gasteiger charge is -2.08. The molecule has 1 aromatic carbocycles. The summed E-state index contributed by atoms with van der Waals surface area (Å²) in [6.45, 7) is -0.408. The number of H-pyrrole nitrogens is 1. The second kappa shape index (κ2) is 5.17. The Balaban J connectivity index is 2.35. The van der Waals surface area contributed by atoms with Gasteiger partial charge in [0.25, 0.3) is 10.0 Å². The minimum Gasteiger partial charge on any atom is -0.390 e. The molecule has 0 spiro atoms. The third-order valence-corrected chi connectivity index (χ3v) is 3.80. The lowest BCUT2D eigenvalue weighted by atomic mass is 10.3. The second-order valence-corrected chi connectivity index (χ2v) is 5.55. The molecule has 9 heteroatoms. The van der Waals surface area contributed by atoms with Gasteiger partial charge >= 0.3 is 0 Å². The van der Waals surface area contributed by atoms with Crippen molar-refractivity contribution in [1.29, 1.82) is 0 Å².